The molecule has 104 valence electrons. The average molecular weight is 262 g/mol. The fraction of sp³-hybridized carbons (Fsp3) is 0.643. The molecule has 5 nitrogen and oxygen atoms in total. The van der Waals surface area contributed by atoms with Gasteiger partial charge in [-0.2, -0.15) is 0 Å². The van der Waals surface area contributed by atoms with Gasteiger partial charge in [-0.15, -0.1) is 0 Å². The molecule has 1 atom stereocenters. The highest BCUT2D eigenvalue weighted by Crippen LogP contribution is 2.20. The Bertz CT molecular complexity index is 407. The van der Waals surface area contributed by atoms with Gasteiger partial charge in [0.2, 0.25) is 11.9 Å². The van der Waals surface area contributed by atoms with Gasteiger partial charge in [0.25, 0.3) is 0 Å². The number of aromatic nitrogens is 2. The standard InChI is InChI=1S/C14H22N4O/c1-11(2)9-17-13(19)12-5-3-8-18(10-12)14-15-6-4-7-16-14/h4,6-7,11-12H,3,5,8-10H2,1-2H3,(H,17,19). The van der Waals surface area contributed by atoms with E-state index >= 15 is 0 Å². The third-order valence-corrected chi connectivity index (χ3v) is 3.31. The van der Waals surface area contributed by atoms with Crippen LogP contribution in [0.4, 0.5) is 5.95 Å². The van der Waals surface area contributed by atoms with Gasteiger partial charge in [-0.05, 0) is 24.8 Å². The van der Waals surface area contributed by atoms with Crippen LogP contribution in [0.15, 0.2) is 18.5 Å². The molecular formula is C14H22N4O. The Morgan fingerprint density at radius 3 is 2.89 bits per heavy atom. The molecule has 0 bridgehead atoms. The molecule has 0 saturated carbocycles. The zero-order valence-electron chi connectivity index (χ0n) is 11.7. The Balaban J connectivity index is 1.92. The predicted octanol–water partition coefficient (Wildman–Crippen LogP) is 1.47. The summed E-state index contributed by atoms with van der Waals surface area (Å²) in [6.07, 6.45) is 5.45. The molecule has 1 unspecified atom stereocenters. The van der Waals surface area contributed by atoms with Gasteiger partial charge in [0, 0.05) is 32.0 Å². The monoisotopic (exact) mass is 262 g/mol. The van der Waals surface area contributed by atoms with Crippen molar-refractivity contribution >= 4 is 11.9 Å². The Labute approximate surface area is 114 Å². The van der Waals surface area contributed by atoms with Gasteiger partial charge in [-0.25, -0.2) is 9.97 Å². The number of carbonyl (C=O) groups excluding carboxylic acids is 1. The summed E-state index contributed by atoms with van der Waals surface area (Å²) in [4.78, 5) is 22.7. The smallest absolute Gasteiger partial charge is 0.225 e. The quantitative estimate of drug-likeness (QED) is 0.892. The Morgan fingerprint density at radius 2 is 2.21 bits per heavy atom. The fourth-order valence-corrected chi connectivity index (χ4v) is 2.28. The SMILES string of the molecule is CC(C)CNC(=O)C1CCCN(c2ncccn2)C1. The van der Waals surface area contributed by atoms with E-state index in [1.54, 1.807) is 18.5 Å². The minimum Gasteiger partial charge on any atom is -0.356 e. The highest BCUT2D eigenvalue weighted by molar-refractivity contribution is 5.79. The van der Waals surface area contributed by atoms with E-state index in [0.29, 0.717) is 12.5 Å². The first-order valence-corrected chi connectivity index (χ1v) is 6.96. The molecule has 1 amide bonds. The van der Waals surface area contributed by atoms with Crippen molar-refractivity contribution in [1.82, 2.24) is 15.3 Å². The van der Waals surface area contributed by atoms with Crippen molar-refractivity contribution < 1.29 is 4.79 Å². The van der Waals surface area contributed by atoms with E-state index in [2.05, 4.69) is 34.0 Å². The number of nitrogens with one attached hydrogen (secondary N) is 1. The van der Waals surface area contributed by atoms with E-state index in [1.807, 2.05) is 0 Å². The van der Waals surface area contributed by atoms with E-state index in [4.69, 9.17) is 0 Å². The number of piperidine rings is 1. The molecule has 2 heterocycles. The lowest BCUT2D eigenvalue weighted by Crippen LogP contribution is -2.44. The maximum atomic E-state index is 12.1. The summed E-state index contributed by atoms with van der Waals surface area (Å²) in [7, 11) is 0. The van der Waals surface area contributed by atoms with E-state index in [0.717, 1.165) is 31.9 Å². The summed E-state index contributed by atoms with van der Waals surface area (Å²) in [6, 6.07) is 1.81. The highest BCUT2D eigenvalue weighted by atomic mass is 16.1. The van der Waals surface area contributed by atoms with Crippen LogP contribution in [0, 0.1) is 11.8 Å². The first-order valence-electron chi connectivity index (χ1n) is 6.96. The fourth-order valence-electron chi connectivity index (χ4n) is 2.28. The molecule has 2 rings (SSSR count). The molecule has 1 saturated heterocycles. The molecular weight excluding hydrogens is 240 g/mol. The maximum Gasteiger partial charge on any atom is 0.225 e. The van der Waals surface area contributed by atoms with Gasteiger partial charge in [0.05, 0.1) is 5.92 Å². The summed E-state index contributed by atoms with van der Waals surface area (Å²) < 4.78 is 0. The van der Waals surface area contributed by atoms with Crippen LogP contribution in [0.3, 0.4) is 0 Å². The first kappa shape index (κ1) is 13.8. The number of amides is 1. The second kappa shape index (κ2) is 6.50. The molecule has 1 aliphatic rings. The molecule has 0 aromatic carbocycles. The number of carbonyl (C=O) groups is 1. The minimum atomic E-state index is 0.0521. The summed E-state index contributed by atoms with van der Waals surface area (Å²) in [5.41, 5.74) is 0. The van der Waals surface area contributed by atoms with Gasteiger partial charge in [-0.1, -0.05) is 13.8 Å². The molecule has 1 N–H and O–H groups in total. The summed E-state index contributed by atoms with van der Waals surface area (Å²) in [5, 5.41) is 3.02. The molecule has 5 heteroatoms. The first-order chi connectivity index (χ1) is 9.16. The molecule has 0 aliphatic carbocycles. The summed E-state index contributed by atoms with van der Waals surface area (Å²) in [5.74, 6) is 1.43. The number of anilines is 1. The number of nitrogens with zero attached hydrogens (tertiary/aromatic N) is 3. The summed E-state index contributed by atoms with van der Waals surface area (Å²) in [6.45, 7) is 6.60. The Hall–Kier alpha value is -1.65. The lowest BCUT2D eigenvalue weighted by molar-refractivity contribution is -0.125. The van der Waals surface area contributed by atoms with Crippen LogP contribution < -0.4 is 10.2 Å². The topological polar surface area (TPSA) is 58.1 Å². The molecule has 19 heavy (non-hydrogen) atoms. The van der Waals surface area contributed by atoms with Gasteiger partial charge in [0.15, 0.2) is 0 Å². The van der Waals surface area contributed by atoms with Crippen LogP contribution in [0.25, 0.3) is 0 Å². The van der Waals surface area contributed by atoms with Crippen molar-refractivity contribution in [2.24, 2.45) is 11.8 Å². The minimum absolute atomic E-state index is 0.0521. The second-order valence-corrected chi connectivity index (χ2v) is 5.47. The van der Waals surface area contributed by atoms with E-state index in [-0.39, 0.29) is 11.8 Å². The van der Waals surface area contributed by atoms with E-state index in [9.17, 15) is 4.79 Å². The van der Waals surface area contributed by atoms with Crippen LogP contribution in [-0.2, 0) is 4.79 Å². The van der Waals surface area contributed by atoms with Gasteiger partial charge in [-0.3, -0.25) is 4.79 Å². The highest BCUT2D eigenvalue weighted by Gasteiger charge is 2.26. The molecule has 0 spiro atoms. The van der Waals surface area contributed by atoms with Crippen molar-refractivity contribution in [3.8, 4) is 0 Å². The zero-order valence-corrected chi connectivity index (χ0v) is 11.7. The molecule has 0 radical (unpaired) electrons. The molecule has 1 aliphatic heterocycles. The number of hydrogen-bond donors (Lipinski definition) is 1. The molecule has 1 aromatic heterocycles. The van der Waals surface area contributed by atoms with Gasteiger partial charge < -0.3 is 10.2 Å². The Morgan fingerprint density at radius 1 is 1.47 bits per heavy atom. The van der Waals surface area contributed by atoms with Gasteiger partial charge in [0.1, 0.15) is 0 Å². The predicted molar refractivity (Wildman–Crippen MR) is 74.8 cm³/mol. The van der Waals surface area contributed by atoms with Crippen molar-refractivity contribution in [1.29, 1.82) is 0 Å². The normalized spacial score (nSPS) is 19.5. The largest absolute Gasteiger partial charge is 0.356 e. The third kappa shape index (κ3) is 3.91. The van der Waals surface area contributed by atoms with Crippen molar-refractivity contribution in [3.05, 3.63) is 18.5 Å². The molecule has 1 aromatic rings. The van der Waals surface area contributed by atoms with Crippen LogP contribution in [0.2, 0.25) is 0 Å². The third-order valence-electron chi connectivity index (χ3n) is 3.31. The average Bonchev–Trinajstić information content (AvgIpc) is 2.46. The van der Waals surface area contributed by atoms with Crippen molar-refractivity contribution in [2.75, 3.05) is 24.5 Å². The van der Waals surface area contributed by atoms with Crippen LogP contribution in [-0.4, -0.2) is 35.5 Å². The molecule has 1 fully saturated rings. The zero-order chi connectivity index (χ0) is 13.7. The lowest BCUT2D eigenvalue weighted by Gasteiger charge is -2.32. The van der Waals surface area contributed by atoms with E-state index in [1.165, 1.54) is 0 Å². The van der Waals surface area contributed by atoms with Gasteiger partial charge >= 0.3 is 0 Å². The lowest BCUT2D eigenvalue weighted by atomic mass is 9.97. The second-order valence-electron chi connectivity index (χ2n) is 5.47. The van der Waals surface area contributed by atoms with Crippen molar-refractivity contribution in [3.63, 3.8) is 0 Å². The van der Waals surface area contributed by atoms with Crippen molar-refractivity contribution in [2.45, 2.75) is 26.7 Å². The van der Waals surface area contributed by atoms with E-state index < -0.39 is 0 Å². The van der Waals surface area contributed by atoms with Crippen LogP contribution in [0.1, 0.15) is 26.7 Å². The summed E-state index contributed by atoms with van der Waals surface area (Å²) >= 11 is 0. The Kier molecular flexibility index (Phi) is 4.71. The van der Waals surface area contributed by atoms with Crippen LogP contribution >= 0.6 is 0 Å². The van der Waals surface area contributed by atoms with Crippen LogP contribution in [0.5, 0.6) is 0 Å². The number of hydrogen-bond acceptors (Lipinski definition) is 4. The maximum absolute atomic E-state index is 12.1. The number of rotatable bonds is 4.